The smallest absolute Gasteiger partial charge is 0.234 e. The fourth-order valence-corrected chi connectivity index (χ4v) is 6.64. The second-order valence-electron chi connectivity index (χ2n) is 10.2. The average molecular weight is 545 g/mol. The van der Waals surface area contributed by atoms with Crippen LogP contribution in [0.1, 0.15) is 42.3 Å². The summed E-state index contributed by atoms with van der Waals surface area (Å²) in [5.41, 5.74) is 4.13. The molecule has 2 aromatic heterocycles. The van der Waals surface area contributed by atoms with E-state index in [2.05, 4.69) is 4.98 Å². The molecule has 4 atom stereocenters. The highest BCUT2D eigenvalue weighted by molar-refractivity contribution is 7.09. The third-order valence-corrected chi connectivity index (χ3v) is 8.65. The lowest BCUT2D eigenvalue weighted by Crippen LogP contribution is -2.38. The van der Waals surface area contributed by atoms with Crippen LogP contribution in [0.2, 0.25) is 0 Å². The lowest BCUT2D eigenvalue weighted by molar-refractivity contribution is -0.140. The Balaban J connectivity index is 1.37. The Labute approximate surface area is 231 Å². The van der Waals surface area contributed by atoms with Gasteiger partial charge < -0.3 is 15.3 Å². The van der Waals surface area contributed by atoms with Crippen molar-refractivity contribution in [2.75, 3.05) is 6.61 Å². The van der Waals surface area contributed by atoms with Crippen LogP contribution < -0.4 is 0 Å². The summed E-state index contributed by atoms with van der Waals surface area (Å²) in [4.78, 5) is 33.4. The number of thiophene rings is 1. The van der Waals surface area contributed by atoms with Gasteiger partial charge in [0.2, 0.25) is 11.8 Å². The highest BCUT2D eigenvalue weighted by Crippen LogP contribution is 2.46. The average Bonchev–Trinajstić information content (AvgIpc) is 3.54. The SMILES string of the molecule is CC1=C([C@H](O)CC/C(=C/c2ccc(O)cc2)c2ccccn2)[C@H](CO)[C@@H]2C(=O)N(Cc3cccs3)C(=O)[C@@H]2C1. The molecule has 1 aliphatic heterocycles. The van der Waals surface area contributed by atoms with Crippen LogP contribution in [0.4, 0.5) is 0 Å². The number of allylic oxidation sites excluding steroid dienone is 2. The molecule has 8 heteroatoms. The van der Waals surface area contributed by atoms with Crippen molar-refractivity contribution >= 4 is 34.8 Å². The van der Waals surface area contributed by atoms with Crippen molar-refractivity contribution in [2.24, 2.45) is 17.8 Å². The van der Waals surface area contributed by atoms with Crippen molar-refractivity contribution in [2.45, 2.75) is 38.8 Å². The number of amides is 2. The van der Waals surface area contributed by atoms with E-state index in [4.69, 9.17) is 0 Å². The van der Waals surface area contributed by atoms with Crippen LogP contribution >= 0.6 is 11.3 Å². The highest BCUT2D eigenvalue weighted by atomic mass is 32.1. The van der Waals surface area contributed by atoms with E-state index in [0.717, 1.165) is 27.3 Å². The van der Waals surface area contributed by atoms with Crippen LogP contribution in [-0.4, -0.2) is 49.7 Å². The molecule has 1 aliphatic carbocycles. The number of aliphatic hydroxyl groups excluding tert-OH is 2. The fourth-order valence-electron chi connectivity index (χ4n) is 5.94. The van der Waals surface area contributed by atoms with Gasteiger partial charge in [-0.2, -0.15) is 0 Å². The molecule has 202 valence electrons. The van der Waals surface area contributed by atoms with Gasteiger partial charge in [-0.3, -0.25) is 19.5 Å². The van der Waals surface area contributed by atoms with Crippen LogP contribution in [0, 0.1) is 17.8 Å². The molecule has 2 amide bonds. The molecule has 3 heterocycles. The number of aliphatic hydroxyl groups is 2. The summed E-state index contributed by atoms with van der Waals surface area (Å²) >= 11 is 1.50. The summed E-state index contributed by atoms with van der Waals surface area (Å²) in [6.07, 6.45) is 4.08. The Bertz CT molecular complexity index is 1380. The van der Waals surface area contributed by atoms with Gasteiger partial charge in [0.1, 0.15) is 5.75 Å². The van der Waals surface area contributed by atoms with E-state index in [1.165, 1.54) is 16.2 Å². The van der Waals surface area contributed by atoms with Gasteiger partial charge in [-0.15, -0.1) is 11.3 Å². The monoisotopic (exact) mass is 544 g/mol. The molecule has 2 aliphatic rings. The van der Waals surface area contributed by atoms with Crippen LogP contribution in [0.5, 0.6) is 5.75 Å². The molecule has 0 saturated carbocycles. The van der Waals surface area contributed by atoms with Gasteiger partial charge in [0.05, 0.1) is 36.8 Å². The summed E-state index contributed by atoms with van der Waals surface area (Å²) in [6.45, 7) is 1.82. The summed E-state index contributed by atoms with van der Waals surface area (Å²) in [7, 11) is 0. The number of rotatable bonds is 9. The van der Waals surface area contributed by atoms with Crippen LogP contribution in [0.15, 0.2) is 77.3 Å². The minimum Gasteiger partial charge on any atom is -0.508 e. The van der Waals surface area contributed by atoms with E-state index >= 15 is 0 Å². The molecule has 1 saturated heterocycles. The lowest BCUT2D eigenvalue weighted by Gasteiger charge is -2.35. The third-order valence-electron chi connectivity index (χ3n) is 7.78. The van der Waals surface area contributed by atoms with E-state index in [0.29, 0.717) is 24.8 Å². The number of phenols is 1. The zero-order valence-corrected chi connectivity index (χ0v) is 22.6. The number of imide groups is 1. The van der Waals surface area contributed by atoms with Crippen molar-refractivity contribution in [1.29, 1.82) is 0 Å². The Kier molecular flexibility index (Phi) is 8.07. The number of benzene rings is 1. The van der Waals surface area contributed by atoms with Gasteiger partial charge in [0.25, 0.3) is 0 Å². The second kappa shape index (κ2) is 11.7. The van der Waals surface area contributed by atoms with E-state index in [9.17, 15) is 24.9 Å². The summed E-state index contributed by atoms with van der Waals surface area (Å²) < 4.78 is 0. The standard InChI is InChI=1S/C31H32N2O5S/c1-19-15-24-29(31(38)33(30(24)37)17-23-5-4-14-39-23)25(18-34)28(19)27(36)12-9-21(26-6-2-3-13-32-26)16-20-7-10-22(35)11-8-20/h2-8,10-11,13-14,16,24-25,27,29,34-36H,9,12,15,17-18H2,1H3/b21-16-/t24-,25+,27-,29-/m1/s1. The van der Waals surface area contributed by atoms with Crippen molar-refractivity contribution in [3.63, 3.8) is 0 Å². The Hall–Kier alpha value is -3.59. The van der Waals surface area contributed by atoms with Gasteiger partial charge in [-0.25, -0.2) is 0 Å². The van der Waals surface area contributed by atoms with Gasteiger partial charge in [0, 0.05) is 17.0 Å². The quantitative estimate of drug-likeness (QED) is 0.267. The minimum atomic E-state index is -0.885. The molecular weight excluding hydrogens is 512 g/mol. The number of aromatic nitrogens is 1. The summed E-state index contributed by atoms with van der Waals surface area (Å²) in [6, 6.07) is 16.3. The Morgan fingerprint density at radius 2 is 1.92 bits per heavy atom. The first-order valence-electron chi connectivity index (χ1n) is 13.1. The molecule has 0 bridgehead atoms. The molecule has 0 spiro atoms. The van der Waals surface area contributed by atoms with Crippen LogP contribution in [-0.2, 0) is 16.1 Å². The molecule has 0 radical (unpaired) electrons. The van der Waals surface area contributed by atoms with Crippen molar-refractivity contribution < 1.29 is 24.9 Å². The number of phenolic OH excluding ortho intramolecular Hbond substituents is 1. The highest BCUT2D eigenvalue weighted by Gasteiger charge is 2.54. The summed E-state index contributed by atoms with van der Waals surface area (Å²) in [5, 5.41) is 33.4. The van der Waals surface area contributed by atoms with Crippen molar-refractivity contribution in [1.82, 2.24) is 9.88 Å². The predicted octanol–water partition coefficient (Wildman–Crippen LogP) is 4.66. The first-order valence-corrected chi connectivity index (χ1v) is 14.0. The molecule has 3 aromatic rings. The zero-order valence-electron chi connectivity index (χ0n) is 21.7. The number of carbonyl (C=O) groups is 2. The fraction of sp³-hybridized carbons (Fsp3) is 0.323. The topological polar surface area (TPSA) is 111 Å². The van der Waals surface area contributed by atoms with Gasteiger partial charge in [-0.1, -0.05) is 29.8 Å². The maximum atomic E-state index is 13.5. The maximum absolute atomic E-state index is 13.5. The molecule has 1 aromatic carbocycles. The number of hydrogen-bond acceptors (Lipinski definition) is 7. The molecule has 39 heavy (non-hydrogen) atoms. The number of pyridine rings is 1. The largest absolute Gasteiger partial charge is 0.508 e. The number of likely N-dealkylation sites (tertiary alicyclic amines) is 1. The lowest BCUT2D eigenvalue weighted by atomic mass is 9.68. The van der Waals surface area contributed by atoms with E-state index in [1.54, 1.807) is 18.3 Å². The van der Waals surface area contributed by atoms with Gasteiger partial charge >= 0.3 is 0 Å². The Morgan fingerprint density at radius 1 is 1.13 bits per heavy atom. The number of fused-ring (bicyclic) bond motifs is 1. The van der Waals surface area contributed by atoms with Crippen molar-refractivity contribution in [3.05, 3.63) is 93.5 Å². The zero-order chi connectivity index (χ0) is 27.5. The summed E-state index contributed by atoms with van der Waals surface area (Å²) in [5.74, 6) is -2.07. The number of hydrogen-bond donors (Lipinski definition) is 3. The van der Waals surface area contributed by atoms with E-state index in [-0.39, 0.29) is 30.7 Å². The maximum Gasteiger partial charge on any atom is 0.234 e. The number of aromatic hydroxyl groups is 1. The van der Waals surface area contributed by atoms with Crippen molar-refractivity contribution in [3.8, 4) is 5.75 Å². The molecule has 7 nitrogen and oxygen atoms in total. The molecule has 0 unspecified atom stereocenters. The first kappa shape index (κ1) is 27.0. The molecular formula is C31H32N2O5S. The number of nitrogens with zero attached hydrogens (tertiary/aromatic N) is 2. The Morgan fingerprint density at radius 3 is 2.59 bits per heavy atom. The van der Waals surface area contributed by atoms with Crippen LogP contribution in [0.3, 0.4) is 0 Å². The molecule has 1 fully saturated rings. The molecule has 5 rings (SSSR count). The van der Waals surface area contributed by atoms with E-state index < -0.39 is 23.9 Å². The predicted molar refractivity (Wildman–Crippen MR) is 150 cm³/mol. The number of carbonyl (C=O) groups excluding carboxylic acids is 2. The minimum absolute atomic E-state index is 0.184. The second-order valence-corrected chi connectivity index (χ2v) is 11.3. The van der Waals surface area contributed by atoms with E-state index in [1.807, 2.05) is 60.8 Å². The third kappa shape index (κ3) is 5.59. The first-order chi connectivity index (χ1) is 18.9. The normalized spacial score (nSPS) is 22.4. The van der Waals surface area contributed by atoms with Gasteiger partial charge in [-0.05, 0) is 84.7 Å². The molecule has 3 N–H and O–H groups in total. The van der Waals surface area contributed by atoms with Gasteiger partial charge in [0.15, 0.2) is 0 Å². The van der Waals surface area contributed by atoms with Crippen LogP contribution in [0.25, 0.3) is 11.6 Å².